The first kappa shape index (κ1) is 8.75. The Morgan fingerprint density at radius 2 is 1.67 bits per heavy atom. The lowest BCUT2D eigenvalue weighted by molar-refractivity contribution is -0.0678. The number of alkyl halides is 3. The van der Waals surface area contributed by atoms with Crippen LogP contribution in [0, 0.1) is 0 Å². The monoisotopic (exact) mass is 142 g/mol. The van der Waals surface area contributed by atoms with E-state index >= 15 is 0 Å². The van der Waals surface area contributed by atoms with Gasteiger partial charge in [0.05, 0.1) is 0 Å². The van der Waals surface area contributed by atoms with Gasteiger partial charge in [0.25, 0.3) is 6.43 Å². The van der Waals surface area contributed by atoms with Crippen molar-refractivity contribution in [2.24, 2.45) is 0 Å². The third kappa shape index (κ3) is 2.70. The predicted molar refractivity (Wildman–Crippen MR) is 27.4 cm³/mol. The number of hydrogen-bond donors (Lipinski definition) is 0. The van der Waals surface area contributed by atoms with Gasteiger partial charge in [-0.05, 0) is 6.92 Å². The van der Waals surface area contributed by atoms with E-state index in [1.54, 1.807) is 0 Å². The molecule has 0 bridgehead atoms. The van der Waals surface area contributed by atoms with Crippen molar-refractivity contribution in [3.63, 3.8) is 0 Å². The number of halogens is 3. The quantitative estimate of drug-likeness (QED) is 0.581. The van der Waals surface area contributed by atoms with E-state index in [0.717, 1.165) is 14.0 Å². The van der Waals surface area contributed by atoms with Crippen molar-refractivity contribution in [2.45, 2.75) is 25.6 Å². The fourth-order valence-corrected chi connectivity index (χ4v) is 0.491. The van der Waals surface area contributed by atoms with Gasteiger partial charge in [-0.15, -0.1) is 0 Å². The summed E-state index contributed by atoms with van der Waals surface area (Å²) in [6, 6.07) is 0. The molecule has 0 rings (SSSR count). The predicted octanol–water partition coefficient (Wildman–Crippen LogP) is 1.62. The highest BCUT2D eigenvalue weighted by Gasteiger charge is 2.25. The maximum atomic E-state index is 12.0. The molecule has 0 spiro atoms. The minimum atomic E-state index is -2.74. The van der Waals surface area contributed by atoms with Gasteiger partial charge >= 0.3 is 0 Å². The molecule has 0 aliphatic carbocycles. The molecule has 9 heavy (non-hydrogen) atoms. The zero-order valence-corrected chi connectivity index (χ0v) is 5.27. The van der Waals surface area contributed by atoms with E-state index in [-0.39, 0.29) is 0 Å². The molecule has 0 saturated heterocycles. The zero-order valence-electron chi connectivity index (χ0n) is 5.27. The molecule has 1 nitrogen and oxygen atoms in total. The second kappa shape index (κ2) is 3.71. The fraction of sp³-hybridized carbons (Fsp3) is 1.00. The molecule has 56 valence electrons. The first-order valence-electron chi connectivity index (χ1n) is 2.54. The Morgan fingerprint density at radius 1 is 1.22 bits per heavy atom. The molecule has 0 radical (unpaired) electrons. The molecule has 0 fully saturated rings. The molecule has 0 aromatic carbocycles. The van der Waals surface area contributed by atoms with Crippen molar-refractivity contribution >= 4 is 0 Å². The topological polar surface area (TPSA) is 9.23 Å². The molecule has 0 aliphatic heterocycles. The minimum Gasteiger partial charge on any atom is -0.372 e. The summed E-state index contributed by atoms with van der Waals surface area (Å²) in [5.41, 5.74) is 0. The lowest BCUT2D eigenvalue weighted by atomic mass is 10.2. The normalized spacial score (nSPS) is 18.0. The zero-order chi connectivity index (χ0) is 7.44. The summed E-state index contributed by atoms with van der Waals surface area (Å²) in [6.45, 7) is 1.04. The van der Waals surface area contributed by atoms with Gasteiger partial charge in [0, 0.05) is 7.11 Å². The van der Waals surface area contributed by atoms with Crippen LogP contribution < -0.4 is 0 Å². The Labute approximate surface area is 51.8 Å². The van der Waals surface area contributed by atoms with Crippen molar-refractivity contribution in [3.05, 3.63) is 0 Å². The van der Waals surface area contributed by atoms with Crippen molar-refractivity contribution < 1.29 is 17.9 Å². The van der Waals surface area contributed by atoms with Crippen molar-refractivity contribution in [3.8, 4) is 0 Å². The number of hydrogen-bond acceptors (Lipinski definition) is 1. The third-order valence-electron chi connectivity index (χ3n) is 0.973. The van der Waals surface area contributed by atoms with Gasteiger partial charge in [-0.2, -0.15) is 0 Å². The van der Waals surface area contributed by atoms with Crippen LogP contribution in [-0.4, -0.2) is 25.8 Å². The Morgan fingerprint density at radius 3 is 1.67 bits per heavy atom. The lowest BCUT2D eigenvalue weighted by Gasteiger charge is -2.14. The van der Waals surface area contributed by atoms with Crippen LogP contribution in [0.4, 0.5) is 13.2 Å². The highest BCUT2D eigenvalue weighted by atomic mass is 19.3. The van der Waals surface area contributed by atoms with Gasteiger partial charge < -0.3 is 4.74 Å². The van der Waals surface area contributed by atoms with Gasteiger partial charge in [-0.25, -0.2) is 13.2 Å². The second-order valence-corrected chi connectivity index (χ2v) is 1.71. The van der Waals surface area contributed by atoms with E-state index in [9.17, 15) is 13.2 Å². The average Bonchev–Trinajstić information content (AvgIpc) is 1.64. The summed E-state index contributed by atoms with van der Waals surface area (Å²) in [4.78, 5) is 0. The highest BCUT2D eigenvalue weighted by molar-refractivity contribution is 4.65. The number of ether oxygens (including phenoxy) is 1. The van der Waals surface area contributed by atoms with Crippen LogP contribution in [0.3, 0.4) is 0 Å². The smallest absolute Gasteiger partial charge is 0.267 e. The van der Waals surface area contributed by atoms with E-state index < -0.39 is 18.7 Å². The van der Waals surface area contributed by atoms with Crippen LogP contribution in [0.15, 0.2) is 0 Å². The van der Waals surface area contributed by atoms with Crippen LogP contribution in [0.5, 0.6) is 0 Å². The highest BCUT2D eigenvalue weighted by Crippen LogP contribution is 2.11. The molecule has 4 heteroatoms. The maximum absolute atomic E-state index is 12.0. The summed E-state index contributed by atoms with van der Waals surface area (Å²) in [5.74, 6) is 0. The summed E-state index contributed by atoms with van der Waals surface area (Å²) >= 11 is 0. The molecule has 2 unspecified atom stereocenters. The van der Waals surface area contributed by atoms with Crippen LogP contribution in [0.25, 0.3) is 0 Å². The summed E-state index contributed by atoms with van der Waals surface area (Å²) < 4.78 is 39.3. The molecule has 0 aromatic heterocycles. The van der Waals surface area contributed by atoms with E-state index in [4.69, 9.17) is 0 Å². The minimum absolute atomic E-state index is 1.04. The summed E-state index contributed by atoms with van der Waals surface area (Å²) in [7, 11) is 1.06. The van der Waals surface area contributed by atoms with Gasteiger partial charge in [0.1, 0.15) is 12.3 Å². The molecule has 0 aromatic rings. The van der Waals surface area contributed by atoms with Gasteiger partial charge in [-0.1, -0.05) is 0 Å². The van der Waals surface area contributed by atoms with Crippen LogP contribution in [0.2, 0.25) is 0 Å². The molecule has 0 heterocycles. The van der Waals surface area contributed by atoms with Crippen LogP contribution in [-0.2, 0) is 4.74 Å². The second-order valence-electron chi connectivity index (χ2n) is 1.71. The van der Waals surface area contributed by atoms with Crippen molar-refractivity contribution in [1.82, 2.24) is 0 Å². The number of rotatable bonds is 3. The average molecular weight is 142 g/mol. The lowest BCUT2D eigenvalue weighted by Crippen LogP contribution is -2.29. The fourth-order valence-electron chi connectivity index (χ4n) is 0.491. The first-order chi connectivity index (χ1) is 4.09. The maximum Gasteiger partial charge on any atom is 0.267 e. The standard InChI is InChI=1S/C5H9F3O/c1-3(6)4(9-2)5(7)8/h3-5H,1-2H3. The molecular weight excluding hydrogens is 133 g/mol. The Bertz CT molecular complexity index is 66.6. The van der Waals surface area contributed by atoms with E-state index in [0.29, 0.717) is 0 Å². The molecule has 2 atom stereocenters. The Balaban J connectivity index is 3.68. The van der Waals surface area contributed by atoms with E-state index in [1.165, 1.54) is 0 Å². The van der Waals surface area contributed by atoms with Crippen molar-refractivity contribution in [1.29, 1.82) is 0 Å². The summed E-state index contributed by atoms with van der Waals surface area (Å²) in [5, 5.41) is 0. The van der Waals surface area contributed by atoms with Crippen LogP contribution in [0.1, 0.15) is 6.92 Å². The SMILES string of the molecule is COC(C(C)F)C(F)F. The van der Waals surface area contributed by atoms with Gasteiger partial charge in [0.2, 0.25) is 0 Å². The number of methoxy groups -OCH3 is 1. The Hall–Kier alpha value is -0.250. The summed E-state index contributed by atoms with van der Waals surface area (Å²) in [6.07, 6.45) is -5.94. The largest absolute Gasteiger partial charge is 0.372 e. The van der Waals surface area contributed by atoms with Gasteiger partial charge in [-0.3, -0.25) is 0 Å². The molecule has 0 aliphatic rings. The van der Waals surface area contributed by atoms with E-state index in [2.05, 4.69) is 4.74 Å². The first-order valence-corrected chi connectivity index (χ1v) is 2.54. The van der Waals surface area contributed by atoms with E-state index in [1.807, 2.05) is 0 Å². The molecule has 0 N–H and O–H groups in total. The molecular formula is C5H9F3O. The third-order valence-corrected chi connectivity index (χ3v) is 0.973. The molecule has 0 saturated carbocycles. The molecule has 0 amide bonds. The van der Waals surface area contributed by atoms with Gasteiger partial charge in [0.15, 0.2) is 0 Å². The Kier molecular flexibility index (Phi) is 3.61. The van der Waals surface area contributed by atoms with Crippen molar-refractivity contribution in [2.75, 3.05) is 7.11 Å². The van der Waals surface area contributed by atoms with Crippen LogP contribution >= 0.6 is 0 Å².